The second kappa shape index (κ2) is 19.5. The minimum absolute atomic E-state index is 0. The quantitative estimate of drug-likeness (QED) is 0.423. The maximum Gasteiger partial charge on any atom is 2.00 e. The van der Waals surface area contributed by atoms with Crippen LogP contribution in [0, 0.1) is 0 Å². The van der Waals surface area contributed by atoms with Gasteiger partial charge < -0.3 is 45.0 Å². The SMILES string of the molecule is CC(O)C(=O)[O-].CC(O)C(=O)[O-].CC(O)C(=O)[O-].[Ca+2].[Na+]. The van der Waals surface area contributed by atoms with Gasteiger partial charge in [0.2, 0.25) is 0 Å². The minimum Gasteiger partial charge on any atom is -0.547 e. The van der Waals surface area contributed by atoms with Crippen LogP contribution in [0.1, 0.15) is 20.8 Å². The van der Waals surface area contributed by atoms with Crippen LogP contribution in [-0.4, -0.2) is 89.3 Å². The Balaban J connectivity index is -0.0000000536. The van der Waals surface area contributed by atoms with Gasteiger partial charge in [-0.2, -0.15) is 0 Å². The average molecular weight is 330 g/mol. The van der Waals surface area contributed by atoms with E-state index in [-0.39, 0.29) is 67.3 Å². The van der Waals surface area contributed by atoms with Gasteiger partial charge in [0.15, 0.2) is 0 Å². The van der Waals surface area contributed by atoms with Gasteiger partial charge in [0.05, 0.1) is 36.2 Å². The molecule has 3 N–H and O–H groups in total. The average Bonchev–Trinajstić information content (AvgIpc) is 2.18. The molecule has 9 nitrogen and oxygen atoms in total. The number of aliphatic carboxylic acids is 3. The van der Waals surface area contributed by atoms with Gasteiger partial charge in [-0.1, -0.05) is 0 Å². The van der Waals surface area contributed by atoms with Gasteiger partial charge in [0.25, 0.3) is 0 Å². The van der Waals surface area contributed by atoms with Crippen molar-refractivity contribution in [1.29, 1.82) is 0 Å². The summed E-state index contributed by atoms with van der Waals surface area (Å²) in [4.78, 5) is 28.0. The van der Waals surface area contributed by atoms with Crippen LogP contribution in [0.2, 0.25) is 0 Å². The first-order chi connectivity index (χ1) is 7.93. The van der Waals surface area contributed by atoms with Crippen molar-refractivity contribution in [1.82, 2.24) is 0 Å². The number of carbonyl (C=O) groups is 3. The monoisotopic (exact) mass is 330 g/mol. The standard InChI is InChI=1S/3C3H6O3.Ca.Na/c3*1-2(4)3(5)6;;/h3*2,4H,1H3,(H,5,6);;/q;;;+2;+1/p-3. The molecule has 0 saturated heterocycles. The summed E-state index contributed by atoms with van der Waals surface area (Å²) in [5, 5.41) is 51.9. The van der Waals surface area contributed by atoms with Crippen molar-refractivity contribution >= 4 is 55.6 Å². The Labute approximate surface area is 167 Å². The smallest absolute Gasteiger partial charge is 0.547 e. The van der Waals surface area contributed by atoms with Gasteiger partial charge in [0.1, 0.15) is 0 Å². The zero-order valence-electron chi connectivity index (χ0n) is 11.7. The molecule has 0 radical (unpaired) electrons. The molecule has 0 aliphatic carbocycles. The Morgan fingerprint density at radius 2 is 0.750 bits per heavy atom. The third-order valence-electron chi connectivity index (χ3n) is 1.02. The van der Waals surface area contributed by atoms with Crippen LogP contribution in [0.25, 0.3) is 0 Å². The van der Waals surface area contributed by atoms with Gasteiger partial charge in [-0.25, -0.2) is 0 Å². The number of aliphatic hydroxyl groups excluding tert-OH is 3. The first kappa shape index (κ1) is 32.5. The van der Waals surface area contributed by atoms with E-state index in [0.29, 0.717) is 0 Å². The van der Waals surface area contributed by atoms with Crippen molar-refractivity contribution in [2.24, 2.45) is 0 Å². The molecule has 0 aromatic carbocycles. The summed E-state index contributed by atoms with van der Waals surface area (Å²) in [6, 6.07) is 0. The normalized spacial score (nSPS) is 12.3. The van der Waals surface area contributed by atoms with Crippen molar-refractivity contribution in [3.8, 4) is 0 Å². The van der Waals surface area contributed by atoms with E-state index in [0.717, 1.165) is 20.8 Å². The Kier molecular flexibility index (Phi) is 31.8. The summed E-state index contributed by atoms with van der Waals surface area (Å²) in [7, 11) is 0. The molecule has 20 heavy (non-hydrogen) atoms. The van der Waals surface area contributed by atoms with E-state index in [2.05, 4.69) is 0 Å². The molecule has 0 aromatic heterocycles. The van der Waals surface area contributed by atoms with E-state index in [9.17, 15) is 29.7 Å². The number of carbonyl (C=O) groups excluding carboxylic acids is 3. The van der Waals surface area contributed by atoms with Crippen molar-refractivity contribution in [2.75, 3.05) is 0 Å². The fourth-order valence-electron chi connectivity index (χ4n) is 0. The second-order valence-electron chi connectivity index (χ2n) is 2.99. The fourth-order valence-corrected chi connectivity index (χ4v) is 0. The van der Waals surface area contributed by atoms with E-state index in [1.165, 1.54) is 0 Å². The predicted molar refractivity (Wildman–Crippen MR) is 55.8 cm³/mol. The van der Waals surface area contributed by atoms with Crippen molar-refractivity contribution in [3.05, 3.63) is 0 Å². The topological polar surface area (TPSA) is 181 Å². The summed E-state index contributed by atoms with van der Waals surface area (Å²) < 4.78 is 0. The summed E-state index contributed by atoms with van der Waals surface area (Å²) in [5.41, 5.74) is 0. The van der Waals surface area contributed by atoms with Crippen molar-refractivity contribution in [3.63, 3.8) is 0 Å². The molecule has 0 spiro atoms. The maximum absolute atomic E-state index is 9.34. The first-order valence-corrected chi connectivity index (χ1v) is 4.60. The molecule has 3 unspecified atom stereocenters. The number of hydrogen-bond acceptors (Lipinski definition) is 9. The third kappa shape index (κ3) is 36.3. The van der Waals surface area contributed by atoms with Crippen molar-refractivity contribution in [2.45, 2.75) is 39.1 Å². The predicted octanol–water partition coefficient (Wildman–Crippen LogP) is -9.03. The Bertz CT molecular complexity index is 225. The number of hydrogen-bond donors (Lipinski definition) is 3. The largest absolute Gasteiger partial charge is 2.00 e. The van der Waals surface area contributed by atoms with Gasteiger partial charge in [-0.15, -0.1) is 0 Å². The molecule has 0 aliphatic rings. The summed E-state index contributed by atoms with van der Waals surface area (Å²) in [6.45, 7) is 3.40. The molecule has 0 heterocycles. The third-order valence-corrected chi connectivity index (χ3v) is 1.02. The van der Waals surface area contributed by atoms with E-state index >= 15 is 0 Å². The maximum atomic E-state index is 9.34. The summed E-state index contributed by atoms with van der Waals surface area (Å²) >= 11 is 0. The Hall–Kier alpha value is 0.550. The number of carboxylic acids is 3. The van der Waals surface area contributed by atoms with Crippen LogP contribution in [0.5, 0.6) is 0 Å². The minimum atomic E-state index is -1.44. The molecule has 0 fully saturated rings. The zero-order valence-corrected chi connectivity index (χ0v) is 15.9. The molecule has 0 aliphatic heterocycles. The van der Waals surface area contributed by atoms with Crippen LogP contribution in [0.15, 0.2) is 0 Å². The van der Waals surface area contributed by atoms with Crippen LogP contribution < -0.4 is 44.9 Å². The molecule has 0 amide bonds. The van der Waals surface area contributed by atoms with Crippen LogP contribution in [0.3, 0.4) is 0 Å². The van der Waals surface area contributed by atoms with Gasteiger partial charge in [-0.3, -0.25) is 0 Å². The molecular formula is C9H15CaNaO9. The van der Waals surface area contributed by atoms with E-state index < -0.39 is 36.2 Å². The first-order valence-electron chi connectivity index (χ1n) is 4.60. The fraction of sp³-hybridized carbons (Fsp3) is 0.667. The van der Waals surface area contributed by atoms with Crippen LogP contribution in [0.4, 0.5) is 0 Å². The Morgan fingerprint density at radius 3 is 0.750 bits per heavy atom. The number of aliphatic hydroxyl groups is 3. The summed E-state index contributed by atoms with van der Waals surface area (Å²) in [6.07, 6.45) is -4.03. The molecule has 108 valence electrons. The number of carboxylic acid groups (broad SMARTS) is 3. The molecule has 0 rings (SSSR count). The van der Waals surface area contributed by atoms with Gasteiger partial charge in [0, 0.05) is 0 Å². The molecular weight excluding hydrogens is 315 g/mol. The second-order valence-corrected chi connectivity index (χ2v) is 2.99. The molecule has 3 atom stereocenters. The van der Waals surface area contributed by atoms with Crippen LogP contribution >= 0.6 is 0 Å². The van der Waals surface area contributed by atoms with E-state index in [1.54, 1.807) is 0 Å². The van der Waals surface area contributed by atoms with E-state index in [1.807, 2.05) is 0 Å². The molecule has 0 bridgehead atoms. The van der Waals surface area contributed by atoms with Gasteiger partial charge in [-0.05, 0) is 20.8 Å². The van der Waals surface area contributed by atoms with Gasteiger partial charge >= 0.3 is 67.3 Å². The molecule has 0 aromatic rings. The molecule has 11 heteroatoms. The Morgan fingerprint density at radius 1 is 0.700 bits per heavy atom. The summed E-state index contributed by atoms with van der Waals surface area (Å²) in [5.74, 6) is -4.31. The van der Waals surface area contributed by atoms with Crippen molar-refractivity contribution < 1.29 is 74.6 Å². The van der Waals surface area contributed by atoms with E-state index in [4.69, 9.17) is 15.3 Å². The van der Waals surface area contributed by atoms with Crippen LogP contribution in [-0.2, 0) is 14.4 Å². The number of rotatable bonds is 3. The zero-order chi connectivity index (χ0) is 15.5. The molecule has 0 saturated carbocycles.